The molecule has 0 radical (unpaired) electrons. The normalized spacial score (nSPS) is 11.7. The summed E-state index contributed by atoms with van der Waals surface area (Å²) in [5.74, 6) is 0.816. The Bertz CT molecular complexity index is 468. The molecule has 17 heavy (non-hydrogen) atoms. The monoisotopic (exact) mass is 230 g/mol. The maximum atomic E-state index is 5.33. The Morgan fingerprint density at radius 1 is 1.18 bits per heavy atom. The van der Waals surface area contributed by atoms with Crippen molar-refractivity contribution in [2.24, 2.45) is 0 Å². The molecule has 0 saturated heterocycles. The van der Waals surface area contributed by atoms with Gasteiger partial charge in [0.15, 0.2) is 5.76 Å². The third kappa shape index (κ3) is 3.43. The van der Waals surface area contributed by atoms with Crippen molar-refractivity contribution in [2.75, 3.05) is 0 Å². The van der Waals surface area contributed by atoms with Crippen molar-refractivity contribution >= 4 is 0 Å². The Labute approximate surface area is 102 Å². The number of nitrogens with zero attached hydrogens (tertiary/aromatic N) is 1. The third-order valence-corrected chi connectivity index (χ3v) is 2.42. The lowest BCUT2D eigenvalue weighted by molar-refractivity contribution is 0.392. The smallest absolute Gasteiger partial charge is 0.167 e. The molecule has 3 heteroatoms. The van der Waals surface area contributed by atoms with Crippen molar-refractivity contribution in [1.29, 1.82) is 0 Å². The average Bonchev–Trinajstić information content (AvgIpc) is 2.75. The van der Waals surface area contributed by atoms with E-state index in [2.05, 4.69) is 31.2 Å². The molecule has 0 aliphatic heterocycles. The maximum absolute atomic E-state index is 5.33. The molecule has 0 atom stereocenters. The van der Waals surface area contributed by atoms with Gasteiger partial charge in [0.25, 0.3) is 0 Å². The first-order valence-corrected chi connectivity index (χ1v) is 5.81. The molecule has 2 aromatic rings. The van der Waals surface area contributed by atoms with Crippen molar-refractivity contribution in [3.63, 3.8) is 0 Å². The standard InChI is InChI=1S/C14H18N2O/c1-14(2,3)15-10-12-9-13(17-16-12)11-7-5-4-6-8-11/h4-9,15H,10H2,1-3H3. The molecule has 0 aliphatic rings. The second kappa shape index (κ2) is 4.72. The van der Waals surface area contributed by atoms with E-state index in [0.29, 0.717) is 0 Å². The summed E-state index contributed by atoms with van der Waals surface area (Å²) in [5, 5.41) is 7.44. The van der Waals surface area contributed by atoms with E-state index in [4.69, 9.17) is 4.52 Å². The number of hydrogen-bond acceptors (Lipinski definition) is 3. The van der Waals surface area contributed by atoms with E-state index < -0.39 is 0 Å². The van der Waals surface area contributed by atoms with Crippen LogP contribution in [0.4, 0.5) is 0 Å². The van der Waals surface area contributed by atoms with E-state index in [1.807, 2.05) is 36.4 Å². The van der Waals surface area contributed by atoms with Crippen LogP contribution in [0.15, 0.2) is 40.9 Å². The largest absolute Gasteiger partial charge is 0.356 e. The summed E-state index contributed by atoms with van der Waals surface area (Å²) in [4.78, 5) is 0. The van der Waals surface area contributed by atoms with Crippen LogP contribution in [0.5, 0.6) is 0 Å². The van der Waals surface area contributed by atoms with Gasteiger partial charge < -0.3 is 9.84 Å². The fourth-order valence-electron chi connectivity index (χ4n) is 1.49. The van der Waals surface area contributed by atoms with Gasteiger partial charge in [0.1, 0.15) is 0 Å². The Balaban J connectivity index is 2.07. The Hall–Kier alpha value is -1.61. The Morgan fingerprint density at radius 2 is 1.88 bits per heavy atom. The maximum Gasteiger partial charge on any atom is 0.167 e. The van der Waals surface area contributed by atoms with Crippen molar-refractivity contribution in [3.05, 3.63) is 42.1 Å². The highest BCUT2D eigenvalue weighted by molar-refractivity contribution is 5.56. The van der Waals surface area contributed by atoms with Crippen LogP contribution in [0.25, 0.3) is 11.3 Å². The summed E-state index contributed by atoms with van der Waals surface area (Å²) < 4.78 is 5.33. The van der Waals surface area contributed by atoms with Gasteiger partial charge in [0.05, 0.1) is 5.69 Å². The fourth-order valence-corrected chi connectivity index (χ4v) is 1.49. The van der Waals surface area contributed by atoms with E-state index in [9.17, 15) is 0 Å². The predicted octanol–water partition coefficient (Wildman–Crippen LogP) is 3.23. The molecular formula is C14H18N2O. The summed E-state index contributed by atoms with van der Waals surface area (Å²) in [6.45, 7) is 7.11. The lowest BCUT2D eigenvalue weighted by Crippen LogP contribution is -2.35. The third-order valence-electron chi connectivity index (χ3n) is 2.42. The van der Waals surface area contributed by atoms with Gasteiger partial charge in [-0.05, 0) is 20.8 Å². The number of rotatable bonds is 3. The molecule has 90 valence electrons. The van der Waals surface area contributed by atoms with Gasteiger partial charge in [-0.3, -0.25) is 0 Å². The van der Waals surface area contributed by atoms with Crippen LogP contribution in [0.3, 0.4) is 0 Å². The molecule has 0 bridgehead atoms. The van der Waals surface area contributed by atoms with Gasteiger partial charge in [0.2, 0.25) is 0 Å². The van der Waals surface area contributed by atoms with E-state index in [0.717, 1.165) is 23.6 Å². The minimum atomic E-state index is 0.0891. The van der Waals surface area contributed by atoms with Gasteiger partial charge >= 0.3 is 0 Å². The SMILES string of the molecule is CC(C)(C)NCc1cc(-c2ccccc2)on1. The molecular weight excluding hydrogens is 212 g/mol. The topological polar surface area (TPSA) is 38.1 Å². The zero-order chi connectivity index (χ0) is 12.3. The fraction of sp³-hybridized carbons (Fsp3) is 0.357. The molecule has 0 unspecified atom stereocenters. The van der Waals surface area contributed by atoms with E-state index in [1.54, 1.807) is 0 Å². The van der Waals surface area contributed by atoms with Crippen LogP contribution >= 0.6 is 0 Å². The van der Waals surface area contributed by atoms with Gasteiger partial charge in [-0.2, -0.15) is 0 Å². The van der Waals surface area contributed by atoms with Crippen LogP contribution in [0.2, 0.25) is 0 Å². The van der Waals surface area contributed by atoms with Crippen LogP contribution in [-0.4, -0.2) is 10.7 Å². The average molecular weight is 230 g/mol. The quantitative estimate of drug-likeness (QED) is 0.879. The molecule has 0 aliphatic carbocycles. The van der Waals surface area contributed by atoms with Gasteiger partial charge in [-0.25, -0.2) is 0 Å². The lowest BCUT2D eigenvalue weighted by Gasteiger charge is -2.19. The summed E-state index contributed by atoms with van der Waals surface area (Å²) in [7, 11) is 0. The Morgan fingerprint density at radius 3 is 2.53 bits per heavy atom. The van der Waals surface area contributed by atoms with E-state index in [-0.39, 0.29) is 5.54 Å². The van der Waals surface area contributed by atoms with Crippen LogP contribution < -0.4 is 5.32 Å². The second-order valence-corrected chi connectivity index (χ2v) is 5.15. The predicted molar refractivity (Wildman–Crippen MR) is 68.5 cm³/mol. The first-order chi connectivity index (χ1) is 8.04. The van der Waals surface area contributed by atoms with Gasteiger partial charge in [-0.1, -0.05) is 35.5 Å². The molecule has 0 amide bonds. The highest BCUT2D eigenvalue weighted by Crippen LogP contribution is 2.19. The highest BCUT2D eigenvalue weighted by atomic mass is 16.5. The van der Waals surface area contributed by atoms with E-state index in [1.165, 1.54) is 0 Å². The Kier molecular flexibility index (Phi) is 3.29. The molecule has 1 aromatic carbocycles. The number of nitrogens with one attached hydrogen (secondary N) is 1. The van der Waals surface area contributed by atoms with Crippen molar-refractivity contribution < 1.29 is 4.52 Å². The molecule has 0 fully saturated rings. The summed E-state index contributed by atoms with van der Waals surface area (Å²) in [6, 6.07) is 12.0. The van der Waals surface area contributed by atoms with Gasteiger partial charge in [-0.15, -0.1) is 0 Å². The number of benzene rings is 1. The lowest BCUT2D eigenvalue weighted by atomic mass is 10.1. The van der Waals surface area contributed by atoms with Crippen molar-refractivity contribution in [1.82, 2.24) is 10.5 Å². The zero-order valence-electron chi connectivity index (χ0n) is 10.5. The first-order valence-electron chi connectivity index (χ1n) is 5.81. The number of hydrogen-bond donors (Lipinski definition) is 1. The molecule has 1 N–H and O–H groups in total. The summed E-state index contributed by atoms with van der Waals surface area (Å²) >= 11 is 0. The molecule has 3 nitrogen and oxygen atoms in total. The molecule has 1 heterocycles. The molecule has 2 rings (SSSR count). The van der Waals surface area contributed by atoms with E-state index >= 15 is 0 Å². The zero-order valence-corrected chi connectivity index (χ0v) is 10.5. The highest BCUT2D eigenvalue weighted by Gasteiger charge is 2.11. The summed E-state index contributed by atoms with van der Waals surface area (Å²) in [6.07, 6.45) is 0. The second-order valence-electron chi connectivity index (χ2n) is 5.15. The van der Waals surface area contributed by atoms with Crippen molar-refractivity contribution in [3.8, 4) is 11.3 Å². The number of aromatic nitrogens is 1. The van der Waals surface area contributed by atoms with Gasteiger partial charge in [0, 0.05) is 23.7 Å². The molecule has 0 saturated carbocycles. The summed E-state index contributed by atoms with van der Waals surface area (Å²) in [5.41, 5.74) is 2.08. The van der Waals surface area contributed by atoms with Crippen molar-refractivity contribution in [2.45, 2.75) is 32.9 Å². The van der Waals surface area contributed by atoms with Crippen LogP contribution in [0.1, 0.15) is 26.5 Å². The minimum absolute atomic E-state index is 0.0891. The minimum Gasteiger partial charge on any atom is -0.356 e. The molecule has 0 spiro atoms. The molecule has 1 aromatic heterocycles. The first kappa shape index (κ1) is 11.9. The van der Waals surface area contributed by atoms with Crippen LogP contribution in [-0.2, 0) is 6.54 Å². The van der Waals surface area contributed by atoms with Crippen LogP contribution in [0, 0.1) is 0 Å².